The fraction of sp³-hybridized carbons (Fsp3) is 0.381. The minimum atomic E-state index is 0.000688. The molecule has 0 saturated heterocycles. The number of carbonyl (C=O) groups excluding carboxylic acids is 1. The number of halogens is 1. The van der Waals surface area contributed by atoms with E-state index in [2.05, 4.69) is 5.32 Å². The maximum absolute atomic E-state index is 12.6. The van der Waals surface area contributed by atoms with Gasteiger partial charge >= 0.3 is 0 Å². The molecule has 0 aliphatic heterocycles. The largest absolute Gasteiger partial charge is 0.489 e. The molecule has 130 valence electrons. The van der Waals surface area contributed by atoms with Crippen LogP contribution in [0, 0.1) is 11.8 Å². The van der Waals surface area contributed by atoms with Crippen LogP contribution in [-0.2, 0) is 6.61 Å². The van der Waals surface area contributed by atoms with Gasteiger partial charge in [0.2, 0.25) is 0 Å². The van der Waals surface area contributed by atoms with E-state index in [9.17, 15) is 4.79 Å². The number of fused-ring (bicyclic) bond motifs is 2. The molecule has 0 aromatic heterocycles. The van der Waals surface area contributed by atoms with E-state index in [1.807, 2.05) is 42.5 Å². The van der Waals surface area contributed by atoms with Crippen LogP contribution >= 0.6 is 11.6 Å². The first-order valence-electron chi connectivity index (χ1n) is 8.96. The van der Waals surface area contributed by atoms with Gasteiger partial charge < -0.3 is 10.1 Å². The van der Waals surface area contributed by atoms with Crippen LogP contribution in [0.3, 0.4) is 0 Å². The highest BCUT2D eigenvalue weighted by atomic mass is 35.5. The zero-order valence-corrected chi connectivity index (χ0v) is 14.8. The zero-order chi connectivity index (χ0) is 17.2. The van der Waals surface area contributed by atoms with Crippen molar-refractivity contribution in [1.82, 2.24) is 5.32 Å². The number of nitrogens with one attached hydrogen (secondary N) is 1. The van der Waals surface area contributed by atoms with Gasteiger partial charge in [-0.05, 0) is 55.4 Å². The van der Waals surface area contributed by atoms with Gasteiger partial charge in [-0.25, -0.2) is 0 Å². The van der Waals surface area contributed by atoms with Crippen LogP contribution in [0.4, 0.5) is 0 Å². The Morgan fingerprint density at radius 3 is 2.76 bits per heavy atom. The number of hydrogen-bond acceptors (Lipinski definition) is 2. The second kappa shape index (κ2) is 7.09. The van der Waals surface area contributed by atoms with E-state index in [0.29, 0.717) is 34.9 Å². The van der Waals surface area contributed by atoms with E-state index < -0.39 is 0 Å². The zero-order valence-electron chi connectivity index (χ0n) is 14.1. The normalized spacial score (nSPS) is 24.3. The molecule has 2 saturated carbocycles. The van der Waals surface area contributed by atoms with Crippen LogP contribution in [0.5, 0.6) is 5.75 Å². The third-order valence-corrected chi connectivity index (χ3v) is 5.87. The molecule has 0 radical (unpaired) electrons. The summed E-state index contributed by atoms with van der Waals surface area (Å²) in [5.41, 5.74) is 1.58. The number of rotatable bonds is 5. The molecule has 3 nitrogen and oxygen atoms in total. The number of benzene rings is 2. The van der Waals surface area contributed by atoms with Gasteiger partial charge in [-0.3, -0.25) is 4.79 Å². The first-order chi connectivity index (χ1) is 12.2. The smallest absolute Gasteiger partial charge is 0.251 e. The predicted molar refractivity (Wildman–Crippen MR) is 98.9 cm³/mol. The SMILES string of the molecule is O=C(NC1CC2CCC1C2)c1cccc(OCc2ccccc2Cl)c1. The molecule has 1 amide bonds. The van der Waals surface area contributed by atoms with Crippen LogP contribution in [-0.4, -0.2) is 11.9 Å². The molecule has 2 bridgehead atoms. The molecule has 4 rings (SSSR count). The summed E-state index contributed by atoms with van der Waals surface area (Å²) in [6.07, 6.45) is 5.02. The quantitative estimate of drug-likeness (QED) is 0.833. The summed E-state index contributed by atoms with van der Waals surface area (Å²) in [5, 5.41) is 3.91. The average molecular weight is 356 g/mol. The maximum atomic E-state index is 12.6. The van der Waals surface area contributed by atoms with Crippen molar-refractivity contribution in [3.63, 3.8) is 0 Å². The molecule has 25 heavy (non-hydrogen) atoms. The topological polar surface area (TPSA) is 38.3 Å². The Balaban J connectivity index is 1.39. The second-order valence-corrected chi connectivity index (χ2v) is 7.57. The second-order valence-electron chi connectivity index (χ2n) is 7.16. The lowest BCUT2D eigenvalue weighted by atomic mass is 9.95. The Bertz CT molecular complexity index is 776. The first kappa shape index (κ1) is 16.5. The highest BCUT2D eigenvalue weighted by molar-refractivity contribution is 6.31. The van der Waals surface area contributed by atoms with E-state index in [0.717, 1.165) is 17.9 Å². The number of ether oxygens (including phenoxy) is 1. The van der Waals surface area contributed by atoms with Gasteiger partial charge in [0.1, 0.15) is 12.4 Å². The van der Waals surface area contributed by atoms with Gasteiger partial charge in [-0.2, -0.15) is 0 Å². The van der Waals surface area contributed by atoms with Crippen molar-refractivity contribution in [2.45, 2.75) is 38.3 Å². The molecule has 2 aromatic rings. The molecule has 2 fully saturated rings. The van der Waals surface area contributed by atoms with Crippen molar-refractivity contribution in [3.05, 3.63) is 64.7 Å². The Hall–Kier alpha value is -2.00. The Labute approximate surface area is 153 Å². The number of carbonyl (C=O) groups is 1. The summed E-state index contributed by atoms with van der Waals surface area (Å²) in [6.45, 7) is 0.386. The summed E-state index contributed by atoms with van der Waals surface area (Å²) in [5.74, 6) is 2.18. The van der Waals surface area contributed by atoms with Crippen molar-refractivity contribution in [2.75, 3.05) is 0 Å². The van der Waals surface area contributed by atoms with E-state index in [4.69, 9.17) is 16.3 Å². The lowest BCUT2D eigenvalue weighted by Gasteiger charge is -2.23. The Kier molecular flexibility index (Phi) is 4.67. The first-order valence-corrected chi connectivity index (χ1v) is 9.34. The van der Waals surface area contributed by atoms with Crippen LogP contribution in [0.2, 0.25) is 5.02 Å². The van der Waals surface area contributed by atoms with Crippen molar-refractivity contribution in [1.29, 1.82) is 0 Å². The standard InChI is InChI=1S/C21H22ClNO2/c22-19-7-2-1-4-17(19)13-25-18-6-3-5-16(12-18)21(24)23-20-11-14-8-9-15(20)10-14/h1-7,12,14-15,20H,8-11,13H2,(H,23,24). The van der Waals surface area contributed by atoms with Gasteiger partial charge in [-0.1, -0.05) is 42.3 Å². The molecule has 1 N–H and O–H groups in total. The van der Waals surface area contributed by atoms with Gasteiger partial charge in [-0.15, -0.1) is 0 Å². The fourth-order valence-corrected chi connectivity index (χ4v) is 4.37. The van der Waals surface area contributed by atoms with Crippen LogP contribution in [0.1, 0.15) is 41.6 Å². The molecule has 0 spiro atoms. The van der Waals surface area contributed by atoms with Crippen molar-refractivity contribution in [2.24, 2.45) is 11.8 Å². The third-order valence-electron chi connectivity index (χ3n) is 5.50. The molecule has 0 heterocycles. The van der Waals surface area contributed by atoms with E-state index in [-0.39, 0.29) is 5.91 Å². The van der Waals surface area contributed by atoms with Gasteiger partial charge in [0.15, 0.2) is 0 Å². The lowest BCUT2D eigenvalue weighted by Crippen LogP contribution is -2.38. The van der Waals surface area contributed by atoms with Crippen molar-refractivity contribution < 1.29 is 9.53 Å². The summed E-state index contributed by atoms with van der Waals surface area (Å²) < 4.78 is 5.82. The van der Waals surface area contributed by atoms with Crippen molar-refractivity contribution in [3.8, 4) is 5.75 Å². The molecule has 2 aromatic carbocycles. The Morgan fingerprint density at radius 2 is 2.00 bits per heavy atom. The fourth-order valence-electron chi connectivity index (χ4n) is 4.18. The van der Waals surface area contributed by atoms with Gasteiger partial charge in [0.25, 0.3) is 5.91 Å². The molecular formula is C21H22ClNO2. The molecule has 3 unspecified atom stereocenters. The number of hydrogen-bond donors (Lipinski definition) is 1. The van der Waals surface area contributed by atoms with E-state index >= 15 is 0 Å². The summed E-state index contributed by atoms with van der Waals surface area (Å²) >= 11 is 6.15. The minimum Gasteiger partial charge on any atom is -0.489 e. The monoisotopic (exact) mass is 355 g/mol. The highest BCUT2D eigenvalue weighted by Crippen LogP contribution is 2.44. The van der Waals surface area contributed by atoms with E-state index in [1.54, 1.807) is 6.07 Å². The van der Waals surface area contributed by atoms with Gasteiger partial charge in [0.05, 0.1) is 0 Å². The van der Waals surface area contributed by atoms with E-state index in [1.165, 1.54) is 19.3 Å². The van der Waals surface area contributed by atoms with Crippen LogP contribution in [0.25, 0.3) is 0 Å². The van der Waals surface area contributed by atoms with Crippen LogP contribution < -0.4 is 10.1 Å². The lowest BCUT2D eigenvalue weighted by molar-refractivity contribution is 0.0922. The van der Waals surface area contributed by atoms with Crippen LogP contribution in [0.15, 0.2) is 48.5 Å². The minimum absolute atomic E-state index is 0.000688. The molecule has 4 heteroatoms. The summed E-state index contributed by atoms with van der Waals surface area (Å²) in [6, 6.07) is 15.3. The third kappa shape index (κ3) is 3.67. The van der Waals surface area contributed by atoms with Gasteiger partial charge in [0, 0.05) is 22.2 Å². The highest BCUT2D eigenvalue weighted by Gasteiger charge is 2.40. The summed E-state index contributed by atoms with van der Waals surface area (Å²) in [7, 11) is 0. The Morgan fingerprint density at radius 1 is 1.12 bits per heavy atom. The average Bonchev–Trinajstić information content (AvgIpc) is 3.24. The predicted octanol–water partition coefficient (Wildman–Crippen LogP) is 4.84. The molecule has 2 aliphatic carbocycles. The number of amides is 1. The molecule has 3 atom stereocenters. The van der Waals surface area contributed by atoms with Crippen molar-refractivity contribution >= 4 is 17.5 Å². The maximum Gasteiger partial charge on any atom is 0.251 e. The molecule has 2 aliphatic rings. The summed E-state index contributed by atoms with van der Waals surface area (Å²) in [4.78, 5) is 12.6. The molecular weight excluding hydrogens is 334 g/mol.